The average molecular weight is 577 g/mol. The maximum atomic E-state index is 13.6. The van der Waals surface area contributed by atoms with Crippen LogP contribution in [0.5, 0.6) is 0 Å². The van der Waals surface area contributed by atoms with E-state index in [1.165, 1.54) is 11.0 Å². The van der Waals surface area contributed by atoms with Crippen LogP contribution in [0.15, 0.2) is 46.9 Å². The molecule has 1 N–H and O–H groups in total. The van der Waals surface area contributed by atoms with E-state index in [-0.39, 0.29) is 29.2 Å². The Kier molecular flexibility index (Phi) is 9.90. The van der Waals surface area contributed by atoms with E-state index in [0.717, 1.165) is 32.7 Å². The van der Waals surface area contributed by atoms with E-state index in [1.807, 2.05) is 26.0 Å². The zero-order valence-electron chi connectivity index (χ0n) is 19.4. The maximum absolute atomic E-state index is 13.6. The molecule has 11 heteroatoms. The second-order valence-corrected chi connectivity index (χ2v) is 11.2. The van der Waals surface area contributed by atoms with Crippen molar-refractivity contribution in [3.63, 3.8) is 0 Å². The minimum absolute atomic E-state index is 0.0440. The highest BCUT2D eigenvalue weighted by Gasteiger charge is 2.30. The summed E-state index contributed by atoms with van der Waals surface area (Å²) >= 11 is 9.20. The van der Waals surface area contributed by atoms with Gasteiger partial charge in [-0.2, -0.15) is 0 Å². The number of halogens is 3. The van der Waals surface area contributed by atoms with Gasteiger partial charge in [0.1, 0.15) is 18.4 Å². The van der Waals surface area contributed by atoms with Crippen molar-refractivity contribution in [2.45, 2.75) is 45.8 Å². The first-order valence-corrected chi connectivity index (χ1v) is 13.6. The Balaban J connectivity index is 2.39. The zero-order valence-corrected chi connectivity index (χ0v) is 22.5. The SMILES string of the molecule is CC[C@@H](C)NC(=O)[C@@H](C)N(Cc1ccc(Br)cc1)C(=O)CN(c1ccc(F)c(Cl)c1)S(C)(=O)=O. The first-order chi connectivity index (χ1) is 15.8. The number of nitrogens with zero attached hydrogens (tertiary/aromatic N) is 2. The predicted octanol–water partition coefficient (Wildman–Crippen LogP) is 4.34. The van der Waals surface area contributed by atoms with Crippen LogP contribution in [-0.2, 0) is 26.2 Å². The molecule has 0 aromatic heterocycles. The number of nitrogens with one attached hydrogen (secondary N) is 1. The Bertz CT molecular complexity index is 1130. The highest BCUT2D eigenvalue weighted by Crippen LogP contribution is 2.25. The summed E-state index contributed by atoms with van der Waals surface area (Å²) in [4.78, 5) is 27.6. The fourth-order valence-electron chi connectivity index (χ4n) is 3.09. The molecule has 2 rings (SSSR count). The normalized spacial score (nSPS) is 13.1. The third-order valence-electron chi connectivity index (χ3n) is 5.30. The van der Waals surface area contributed by atoms with Gasteiger partial charge in [0.2, 0.25) is 21.8 Å². The lowest BCUT2D eigenvalue weighted by Gasteiger charge is -2.32. The molecular weight excluding hydrogens is 549 g/mol. The van der Waals surface area contributed by atoms with Crippen LogP contribution < -0.4 is 9.62 Å². The molecule has 0 fully saturated rings. The predicted molar refractivity (Wildman–Crippen MR) is 136 cm³/mol. The molecule has 0 aliphatic carbocycles. The molecule has 0 radical (unpaired) electrons. The van der Waals surface area contributed by atoms with Gasteiger partial charge in [-0.3, -0.25) is 13.9 Å². The van der Waals surface area contributed by atoms with E-state index >= 15 is 0 Å². The molecule has 2 aromatic carbocycles. The van der Waals surface area contributed by atoms with Gasteiger partial charge in [0, 0.05) is 17.1 Å². The van der Waals surface area contributed by atoms with Crippen molar-refractivity contribution < 1.29 is 22.4 Å². The number of anilines is 1. The molecule has 7 nitrogen and oxygen atoms in total. The summed E-state index contributed by atoms with van der Waals surface area (Å²) in [5.74, 6) is -1.66. The van der Waals surface area contributed by atoms with Gasteiger partial charge in [0.15, 0.2) is 0 Å². The van der Waals surface area contributed by atoms with Crippen LogP contribution in [0.2, 0.25) is 5.02 Å². The third-order valence-corrected chi connectivity index (χ3v) is 7.26. The van der Waals surface area contributed by atoms with Crippen molar-refractivity contribution in [2.75, 3.05) is 17.1 Å². The quantitative estimate of drug-likeness (QED) is 0.456. The highest BCUT2D eigenvalue weighted by atomic mass is 79.9. The molecule has 2 amide bonds. The summed E-state index contributed by atoms with van der Waals surface area (Å²) in [6, 6.07) is 9.67. The minimum atomic E-state index is -3.93. The number of carbonyl (C=O) groups excluding carboxylic acids is 2. The van der Waals surface area contributed by atoms with Crippen molar-refractivity contribution in [2.24, 2.45) is 0 Å². The third kappa shape index (κ3) is 7.68. The smallest absolute Gasteiger partial charge is 0.244 e. The van der Waals surface area contributed by atoms with Crippen molar-refractivity contribution in [3.05, 3.63) is 63.3 Å². The molecule has 186 valence electrons. The molecule has 0 bridgehead atoms. The maximum Gasteiger partial charge on any atom is 0.244 e. The number of hydrogen-bond donors (Lipinski definition) is 1. The molecule has 0 spiro atoms. The van der Waals surface area contributed by atoms with E-state index < -0.39 is 34.3 Å². The molecule has 0 saturated carbocycles. The Morgan fingerprint density at radius 3 is 2.29 bits per heavy atom. The molecular formula is C23H28BrClFN3O4S. The highest BCUT2D eigenvalue weighted by molar-refractivity contribution is 9.10. The summed E-state index contributed by atoms with van der Waals surface area (Å²) in [7, 11) is -3.93. The van der Waals surface area contributed by atoms with E-state index in [1.54, 1.807) is 19.1 Å². The first kappa shape index (κ1) is 28.1. The molecule has 0 unspecified atom stereocenters. The van der Waals surface area contributed by atoms with Crippen LogP contribution in [0.4, 0.5) is 10.1 Å². The van der Waals surface area contributed by atoms with Gasteiger partial charge in [0.25, 0.3) is 0 Å². The number of sulfonamides is 1. The lowest BCUT2D eigenvalue weighted by Crippen LogP contribution is -2.52. The van der Waals surface area contributed by atoms with E-state index in [9.17, 15) is 22.4 Å². The van der Waals surface area contributed by atoms with Crippen LogP contribution >= 0.6 is 27.5 Å². The molecule has 2 aromatic rings. The topological polar surface area (TPSA) is 86.8 Å². The van der Waals surface area contributed by atoms with Gasteiger partial charge in [-0.25, -0.2) is 12.8 Å². The number of amides is 2. The number of carbonyl (C=O) groups is 2. The number of hydrogen-bond acceptors (Lipinski definition) is 4. The summed E-state index contributed by atoms with van der Waals surface area (Å²) < 4.78 is 40.3. The molecule has 2 atom stereocenters. The number of benzene rings is 2. The van der Waals surface area contributed by atoms with Crippen LogP contribution in [0, 0.1) is 5.82 Å². The van der Waals surface area contributed by atoms with Crippen molar-refractivity contribution >= 4 is 55.1 Å². The molecule has 0 heterocycles. The summed E-state index contributed by atoms with van der Waals surface area (Å²) in [6.45, 7) is 4.88. The van der Waals surface area contributed by atoms with Gasteiger partial charge >= 0.3 is 0 Å². The fourth-order valence-corrected chi connectivity index (χ4v) is 4.37. The zero-order chi connectivity index (χ0) is 25.6. The Labute approximate surface area is 213 Å². The number of rotatable bonds is 10. The molecule has 0 aliphatic heterocycles. The summed E-state index contributed by atoms with van der Waals surface area (Å²) in [5, 5.41) is 2.59. The Morgan fingerprint density at radius 2 is 1.76 bits per heavy atom. The van der Waals surface area contributed by atoms with Gasteiger partial charge in [-0.1, -0.05) is 46.6 Å². The van der Waals surface area contributed by atoms with Crippen LogP contribution in [0.3, 0.4) is 0 Å². The van der Waals surface area contributed by atoms with Gasteiger partial charge in [-0.05, 0) is 56.2 Å². The fraction of sp³-hybridized carbons (Fsp3) is 0.391. The van der Waals surface area contributed by atoms with Crippen molar-refractivity contribution in [1.82, 2.24) is 10.2 Å². The van der Waals surface area contributed by atoms with Crippen LogP contribution in [-0.4, -0.2) is 50.0 Å². The second-order valence-electron chi connectivity index (χ2n) is 8.01. The largest absolute Gasteiger partial charge is 0.352 e. The molecule has 34 heavy (non-hydrogen) atoms. The lowest BCUT2D eigenvalue weighted by molar-refractivity contribution is -0.139. The first-order valence-electron chi connectivity index (χ1n) is 10.6. The second kappa shape index (κ2) is 12.0. The van der Waals surface area contributed by atoms with Gasteiger partial charge in [-0.15, -0.1) is 0 Å². The lowest BCUT2D eigenvalue weighted by atomic mass is 10.1. The summed E-state index contributed by atoms with van der Waals surface area (Å²) in [5.41, 5.74) is 0.804. The monoisotopic (exact) mass is 575 g/mol. The van der Waals surface area contributed by atoms with Gasteiger partial charge < -0.3 is 10.2 Å². The standard InChI is InChI=1S/C23H28BrClFN3O4S/c1-5-15(2)27-23(31)16(3)28(13-17-6-8-18(24)9-7-17)22(30)14-29(34(4,32)33)19-10-11-21(26)20(25)12-19/h6-12,15-16H,5,13-14H2,1-4H3,(H,27,31)/t15-,16-/m1/s1. The van der Waals surface area contributed by atoms with Crippen LogP contribution in [0.1, 0.15) is 32.8 Å². The Morgan fingerprint density at radius 1 is 1.15 bits per heavy atom. The molecule has 0 saturated heterocycles. The molecule has 0 aliphatic rings. The van der Waals surface area contributed by atoms with Crippen molar-refractivity contribution in [1.29, 1.82) is 0 Å². The van der Waals surface area contributed by atoms with Crippen molar-refractivity contribution in [3.8, 4) is 0 Å². The average Bonchev–Trinajstić information content (AvgIpc) is 2.77. The Hall–Kier alpha value is -2.17. The van der Waals surface area contributed by atoms with Crippen LogP contribution in [0.25, 0.3) is 0 Å². The van der Waals surface area contributed by atoms with E-state index in [4.69, 9.17) is 11.6 Å². The van der Waals surface area contributed by atoms with E-state index in [0.29, 0.717) is 6.42 Å². The van der Waals surface area contributed by atoms with Gasteiger partial charge in [0.05, 0.1) is 17.0 Å². The van der Waals surface area contributed by atoms with E-state index in [2.05, 4.69) is 21.2 Å². The minimum Gasteiger partial charge on any atom is -0.352 e. The summed E-state index contributed by atoms with van der Waals surface area (Å²) in [6.07, 6.45) is 1.65.